The number of ether oxygens (including phenoxy) is 3. The number of nitrogens with zero attached hydrogens (tertiary/aromatic N) is 4. The Bertz CT molecular complexity index is 1420. The van der Waals surface area contributed by atoms with Gasteiger partial charge in [0.1, 0.15) is 11.7 Å². The van der Waals surface area contributed by atoms with Crippen LogP contribution in [0.25, 0.3) is 5.65 Å². The lowest BCUT2D eigenvalue weighted by atomic mass is 9.50. The topological polar surface area (TPSA) is 128 Å². The number of amides is 1. The summed E-state index contributed by atoms with van der Waals surface area (Å²) in [5.74, 6) is 0.332. The molecule has 11 nitrogen and oxygen atoms in total. The molecule has 2 bridgehead atoms. The summed E-state index contributed by atoms with van der Waals surface area (Å²) in [6.45, 7) is -1.34. The van der Waals surface area contributed by atoms with Crippen molar-refractivity contribution >= 4 is 23.5 Å². The minimum Gasteiger partial charge on any atom is -0.441 e. The molecule has 18 heteroatoms. The number of rotatable bonds is 7. The van der Waals surface area contributed by atoms with Gasteiger partial charge in [0.25, 0.3) is 0 Å². The van der Waals surface area contributed by atoms with E-state index >= 15 is 4.39 Å². The van der Waals surface area contributed by atoms with Gasteiger partial charge in [-0.25, -0.2) is 19.2 Å². The number of imidazole rings is 1. The number of nitrogens with one attached hydrogen (secondary N) is 3. The summed E-state index contributed by atoms with van der Waals surface area (Å²) in [5.41, 5.74) is -2.56. The molecule has 0 radical (unpaired) electrons. The van der Waals surface area contributed by atoms with E-state index in [0.29, 0.717) is 12.1 Å². The molecule has 0 spiro atoms. The fourth-order valence-electron chi connectivity index (χ4n) is 5.16. The maximum absolute atomic E-state index is 15.1. The highest BCUT2D eigenvalue weighted by Crippen LogP contribution is 2.57. The summed E-state index contributed by atoms with van der Waals surface area (Å²) < 4.78 is 108. The number of aromatic nitrogens is 5. The highest BCUT2D eigenvalue weighted by molar-refractivity contribution is 5.69. The summed E-state index contributed by atoms with van der Waals surface area (Å²) >= 11 is 0. The number of aromatic amines is 1. The standard InChI is InChI=1S/C22H20F7N7O4/c23-15-13(40-19(37)33-20-2-9(3-20)4-20)8-38-16(15)12-1-14(35-34-12)32-18-30-5-11(21(24,25)26)17-31-10(6-36(17)18)7-39-22(27,28)29/h1,5-6,9,13,15-16H,2-4,7-8H2,(H,33,37)(H2,30,32,34,35)/t9?,13-,15+,16-,20?/m1/s1. The van der Waals surface area contributed by atoms with Crippen molar-refractivity contribution in [3.05, 3.63) is 35.4 Å². The second kappa shape index (κ2) is 9.18. The number of fused-ring (bicyclic) bond motifs is 1. The molecular formula is C22H20F7N7O4. The van der Waals surface area contributed by atoms with E-state index < -0.39 is 60.5 Å². The highest BCUT2D eigenvalue weighted by Gasteiger charge is 2.58. The first-order valence-corrected chi connectivity index (χ1v) is 12.0. The smallest absolute Gasteiger partial charge is 0.441 e. The minimum atomic E-state index is -5.02. The van der Waals surface area contributed by atoms with Gasteiger partial charge in [0.05, 0.1) is 24.6 Å². The fourth-order valence-corrected chi connectivity index (χ4v) is 5.16. The summed E-state index contributed by atoms with van der Waals surface area (Å²) in [6.07, 6.45) is -10.7. The highest BCUT2D eigenvalue weighted by atomic mass is 19.4. The predicted molar refractivity (Wildman–Crippen MR) is 118 cm³/mol. The van der Waals surface area contributed by atoms with Gasteiger partial charge in [0, 0.05) is 24.0 Å². The van der Waals surface area contributed by atoms with Gasteiger partial charge in [0.2, 0.25) is 5.95 Å². The third-order valence-corrected chi connectivity index (χ3v) is 7.12. The Balaban J connectivity index is 1.16. The molecule has 3 aromatic heterocycles. The molecule has 3 N–H and O–H groups in total. The molecule has 4 aliphatic rings. The molecule has 1 aliphatic heterocycles. The van der Waals surface area contributed by atoms with Crippen LogP contribution in [0, 0.1) is 5.92 Å². The van der Waals surface area contributed by atoms with Crippen molar-refractivity contribution in [1.82, 2.24) is 29.9 Å². The van der Waals surface area contributed by atoms with Crippen LogP contribution in [0.1, 0.15) is 42.3 Å². The molecule has 4 heterocycles. The lowest BCUT2D eigenvalue weighted by Crippen LogP contribution is -2.68. The largest absolute Gasteiger partial charge is 0.522 e. The second-order valence-electron chi connectivity index (χ2n) is 10.0. The molecular weight excluding hydrogens is 559 g/mol. The first-order valence-electron chi connectivity index (χ1n) is 12.0. The first kappa shape index (κ1) is 26.5. The maximum Gasteiger partial charge on any atom is 0.522 e. The number of carbonyl (C=O) groups excluding carboxylic acids is 1. The summed E-state index contributed by atoms with van der Waals surface area (Å²) in [4.78, 5) is 19.5. The summed E-state index contributed by atoms with van der Waals surface area (Å²) in [6, 6.07) is 1.30. The van der Waals surface area contributed by atoms with Crippen LogP contribution in [0.4, 0.5) is 47.3 Å². The third-order valence-electron chi connectivity index (χ3n) is 7.12. The molecule has 3 aliphatic carbocycles. The fraction of sp³-hybridized carbons (Fsp3) is 0.545. The molecule has 7 rings (SSSR count). The molecule has 1 amide bonds. The van der Waals surface area contributed by atoms with Crippen LogP contribution in [-0.2, 0) is 27.0 Å². The number of hydrogen-bond acceptors (Lipinski definition) is 8. The van der Waals surface area contributed by atoms with Gasteiger partial charge in [-0.15, -0.1) is 13.2 Å². The zero-order valence-electron chi connectivity index (χ0n) is 20.1. The van der Waals surface area contributed by atoms with E-state index in [9.17, 15) is 31.1 Å². The quantitative estimate of drug-likeness (QED) is 0.354. The van der Waals surface area contributed by atoms with E-state index in [2.05, 4.69) is 35.5 Å². The van der Waals surface area contributed by atoms with Crippen LogP contribution in [-0.4, -0.2) is 61.4 Å². The van der Waals surface area contributed by atoms with Crippen LogP contribution in [0.15, 0.2) is 18.5 Å². The van der Waals surface area contributed by atoms with Crippen molar-refractivity contribution in [3.8, 4) is 0 Å². The third kappa shape index (κ3) is 5.00. The number of alkyl halides is 7. The molecule has 40 heavy (non-hydrogen) atoms. The molecule has 216 valence electrons. The van der Waals surface area contributed by atoms with Gasteiger partial charge in [0.15, 0.2) is 23.7 Å². The van der Waals surface area contributed by atoms with Crippen molar-refractivity contribution < 1.29 is 49.7 Å². The monoisotopic (exact) mass is 579 g/mol. The first-order chi connectivity index (χ1) is 18.8. The lowest BCUT2D eigenvalue weighted by molar-refractivity contribution is -0.330. The molecule has 0 unspecified atom stereocenters. The van der Waals surface area contributed by atoms with E-state index in [1.54, 1.807) is 0 Å². The minimum absolute atomic E-state index is 0.0214. The van der Waals surface area contributed by atoms with E-state index in [4.69, 9.17) is 9.47 Å². The van der Waals surface area contributed by atoms with Crippen LogP contribution >= 0.6 is 0 Å². The normalized spacial score (nSPS) is 27.8. The van der Waals surface area contributed by atoms with Gasteiger partial charge >= 0.3 is 18.6 Å². The van der Waals surface area contributed by atoms with E-state index in [1.165, 1.54) is 6.07 Å². The molecule has 1 saturated heterocycles. The molecule has 4 fully saturated rings. The van der Waals surface area contributed by atoms with E-state index in [-0.39, 0.29) is 29.6 Å². The summed E-state index contributed by atoms with van der Waals surface area (Å²) in [5, 5.41) is 11.9. The Hall–Kier alpha value is -3.67. The number of halogens is 7. The van der Waals surface area contributed by atoms with Crippen molar-refractivity contribution in [2.24, 2.45) is 5.92 Å². The molecule has 3 atom stereocenters. The number of hydrogen-bond donors (Lipinski definition) is 3. The molecule has 3 saturated carbocycles. The Labute approximate surface area is 219 Å². The van der Waals surface area contributed by atoms with Crippen LogP contribution < -0.4 is 10.6 Å². The zero-order valence-corrected chi connectivity index (χ0v) is 20.1. The number of H-pyrrole nitrogens is 1. The van der Waals surface area contributed by atoms with Crippen molar-refractivity contribution in [3.63, 3.8) is 0 Å². The van der Waals surface area contributed by atoms with Crippen LogP contribution in [0.3, 0.4) is 0 Å². The van der Waals surface area contributed by atoms with Gasteiger partial charge in [-0.05, 0) is 25.2 Å². The van der Waals surface area contributed by atoms with E-state index in [1.807, 2.05) is 0 Å². The Morgan fingerprint density at radius 2 is 1.98 bits per heavy atom. The van der Waals surface area contributed by atoms with Gasteiger partial charge < -0.3 is 20.1 Å². The Kier molecular flexibility index (Phi) is 6.10. The van der Waals surface area contributed by atoms with Crippen molar-refractivity contribution in [2.45, 2.75) is 62.3 Å². The number of alkyl carbamates (subject to hydrolysis) is 1. The van der Waals surface area contributed by atoms with Gasteiger partial charge in [-0.3, -0.25) is 14.2 Å². The van der Waals surface area contributed by atoms with Crippen molar-refractivity contribution in [1.29, 1.82) is 0 Å². The number of carbonyl (C=O) groups is 1. The van der Waals surface area contributed by atoms with Gasteiger partial charge in [-0.1, -0.05) is 0 Å². The summed E-state index contributed by atoms with van der Waals surface area (Å²) in [7, 11) is 0. The van der Waals surface area contributed by atoms with Crippen LogP contribution in [0.2, 0.25) is 0 Å². The van der Waals surface area contributed by atoms with E-state index in [0.717, 1.165) is 29.9 Å². The average Bonchev–Trinajstić information content (AvgIpc) is 3.52. The lowest BCUT2D eigenvalue weighted by Gasteiger charge is -2.61. The Morgan fingerprint density at radius 1 is 1.23 bits per heavy atom. The number of anilines is 2. The van der Waals surface area contributed by atoms with Gasteiger partial charge in [-0.2, -0.15) is 18.3 Å². The molecule has 0 aromatic carbocycles. The SMILES string of the molecule is O=C(NC12CC(C1)C2)O[C@@H]1CO[C@H](c2cc(Nc3ncc(C(F)(F)F)c4nc(COC(F)(F)F)cn34)n[nH]2)[C@H]1F. The molecule has 3 aromatic rings. The van der Waals surface area contributed by atoms with Crippen LogP contribution in [0.5, 0.6) is 0 Å². The zero-order chi connectivity index (χ0) is 28.4. The Morgan fingerprint density at radius 3 is 2.62 bits per heavy atom. The second-order valence-corrected chi connectivity index (χ2v) is 10.0. The van der Waals surface area contributed by atoms with Crippen molar-refractivity contribution in [2.75, 3.05) is 11.9 Å². The predicted octanol–water partition coefficient (Wildman–Crippen LogP) is 4.31. The maximum atomic E-state index is 15.1. The average molecular weight is 579 g/mol.